The minimum Gasteiger partial charge on any atom is -0.508 e. The van der Waals surface area contributed by atoms with Crippen LogP contribution in [0.2, 0.25) is 0 Å². The summed E-state index contributed by atoms with van der Waals surface area (Å²) in [6, 6.07) is 5.98. The first kappa shape index (κ1) is 12.6. The van der Waals surface area contributed by atoms with Gasteiger partial charge < -0.3 is 10.4 Å². The lowest BCUT2D eigenvalue weighted by Crippen LogP contribution is -2.30. The van der Waals surface area contributed by atoms with Crippen LogP contribution in [0.5, 0.6) is 5.75 Å². The van der Waals surface area contributed by atoms with Gasteiger partial charge in [-0.1, -0.05) is 0 Å². The molecule has 0 fully saturated rings. The monoisotopic (exact) mass is 249 g/mol. The molecule has 0 bridgehead atoms. The Bertz CT molecular complexity index is 499. The minimum absolute atomic E-state index is 0.107. The number of nitrogens with zero attached hydrogens (tertiary/aromatic N) is 2. The first-order chi connectivity index (χ1) is 8.65. The van der Waals surface area contributed by atoms with Crippen LogP contribution in [0.15, 0.2) is 36.7 Å². The Labute approximate surface area is 105 Å². The smallest absolute Gasteiger partial charge is 0.123 e. The number of benzene rings is 1. The van der Waals surface area contributed by atoms with Crippen molar-refractivity contribution in [3.63, 3.8) is 0 Å². The van der Waals surface area contributed by atoms with Crippen LogP contribution < -0.4 is 5.32 Å². The van der Waals surface area contributed by atoms with E-state index in [4.69, 9.17) is 0 Å². The summed E-state index contributed by atoms with van der Waals surface area (Å²) in [7, 11) is 0. The number of hydrogen-bond acceptors (Lipinski definition) is 3. The van der Waals surface area contributed by atoms with Gasteiger partial charge in [0.1, 0.15) is 11.6 Å². The fourth-order valence-electron chi connectivity index (χ4n) is 1.73. The van der Waals surface area contributed by atoms with Gasteiger partial charge in [-0.3, -0.25) is 4.68 Å². The van der Waals surface area contributed by atoms with Crippen molar-refractivity contribution < 1.29 is 9.50 Å². The molecular formula is C13H16FN3O. The van der Waals surface area contributed by atoms with E-state index in [0.29, 0.717) is 12.1 Å². The van der Waals surface area contributed by atoms with Crippen LogP contribution in [0.4, 0.5) is 4.39 Å². The van der Waals surface area contributed by atoms with E-state index in [-0.39, 0.29) is 17.6 Å². The lowest BCUT2D eigenvalue weighted by Gasteiger charge is -2.14. The van der Waals surface area contributed by atoms with Crippen molar-refractivity contribution in [2.24, 2.45) is 0 Å². The Morgan fingerprint density at radius 2 is 2.33 bits per heavy atom. The zero-order valence-corrected chi connectivity index (χ0v) is 10.2. The van der Waals surface area contributed by atoms with Gasteiger partial charge in [0.15, 0.2) is 0 Å². The first-order valence-corrected chi connectivity index (χ1v) is 5.83. The molecule has 1 aromatic carbocycles. The number of halogens is 1. The second kappa shape index (κ2) is 5.64. The van der Waals surface area contributed by atoms with Crippen LogP contribution in [0.1, 0.15) is 12.5 Å². The average Bonchev–Trinajstić information content (AvgIpc) is 2.83. The number of aromatic nitrogens is 2. The summed E-state index contributed by atoms with van der Waals surface area (Å²) in [6.07, 6.45) is 3.61. The fourth-order valence-corrected chi connectivity index (χ4v) is 1.73. The Kier molecular flexibility index (Phi) is 3.94. The van der Waals surface area contributed by atoms with E-state index < -0.39 is 0 Å². The van der Waals surface area contributed by atoms with E-state index in [1.807, 2.05) is 23.9 Å². The Balaban J connectivity index is 1.89. The van der Waals surface area contributed by atoms with Gasteiger partial charge in [0.2, 0.25) is 0 Å². The maximum Gasteiger partial charge on any atom is 0.123 e. The third-order valence-corrected chi connectivity index (χ3v) is 2.70. The Morgan fingerprint density at radius 3 is 3.06 bits per heavy atom. The first-order valence-electron chi connectivity index (χ1n) is 5.83. The summed E-state index contributed by atoms with van der Waals surface area (Å²) < 4.78 is 14.8. The molecule has 1 atom stereocenters. The quantitative estimate of drug-likeness (QED) is 0.851. The lowest BCUT2D eigenvalue weighted by atomic mass is 10.2. The van der Waals surface area contributed by atoms with Crippen LogP contribution in [-0.2, 0) is 13.1 Å². The molecule has 0 aliphatic heterocycles. The fraction of sp³-hybridized carbons (Fsp3) is 0.308. The van der Waals surface area contributed by atoms with Crippen molar-refractivity contribution in [3.8, 4) is 5.75 Å². The molecule has 1 heterocycles. The summed E-state index contributed by atoms with van der Waals surface area (Å²) >= 11 is 0. The van der Waals surface area contributed by atoms with Gasteiger partial charge >= 0.3 is 0 Å². The van der Waals surface area contributed by atoms with Crippen molar-refractivity contribution in [2.75, 3.05) is 0 Å². The highest BCUT2D eigenvalue weighted by Crippen LogP contribution is 2.17. The Hall–Kier alpha value is -1.88. The normalized spacial score (nSPS) is 12.6. The zero-order chi connectivity index (χ0) is 13.0. The summed E-state index contributed by atoms with van der Waals surface area (Å²) in [5.41, 5.74) is 0.558. The van der Waals surface area contributed by atoms with Gasteiger partial charge in [0, 0.05) is 30.5 Å². The van der Waals surface area contributed by atoms with Crippen molar-refractivity contribution in [2.45, 2.75) is 26.1 Å². The van der Waals surface area contributed by atoms with Crippen LogP contribution in [-0.4, -0.2) is 20.9 Å². The maximum absolute atomic E-state index is 13.0. The molecule has 0 spiro atoms. The molecule has 0 saturated carbocycles. The molecule has 0 saturated heterocycles. The molecule has 2 aromatic rings. The molecule has 0 amide bonds. The van der Waals surface area contributed by atoms with Gasteiger partial charge in [-0.25, -0.2) is 4.39 Å². The van der Waals surface area contributed by atoms with E-state index in [0.717, 1.165) is 6.54 Å². The van der Waals surface area contributed by atoms with Crippen molar-refractivity contribution in [1.82, 2.24) is 15.1 Å². The second-order valence-electron chi connectivity index (χ2n) is 4.28. The molecule has 0 aliphatic rings. The average molecular weight is 249 g/mol. The lowest BCUT2D eigenvalue weighted by molar-refractivity contribution is 0.433. The number of phenolic OH excluding ortho intramolecular Hbond substituents is 1. The standard InChI is InChI=1S/C13H16FN3O/c1-10(9-17-6-2-5-16-17)15-8-11-7-12(14)3-4-13(11)18/h2-7,10,15,18H,8-9H2,1H3. The number of phenols is 1. The van der Waals surface area contributed by atoms with E-state index in [1.165, 1.54) is 18.2 Å². The molecule has 2 rings (SSSR count). The summed E-state index contributed by atoms with van der Waals surface area (Å²) in [6.45, 7) is 3.16. The number of nitrogens with one attached hydrogen (secondary N) is 1. The van der Waals surface area contributed by atoms with Gasteiger partial charge in [-0.05, 0) is 31.2 Å². The molecule has 0 radical (unpaired) electrons. The molecule has 5 heteroatoms. The van der Waals surface area contributed by atoms with Crippen LogP contribution in [0.3, 0.4) is 0 Å². The highest BCUT2D eigenvalue weighted by Gasteiger charge is 2.06. The Morgan fingerprint density at radius 1 is 1.50 bits per heavy atom. The van der Waals surface area contributed by atoms with Crippen molar-refractivity contribution in [3.05, 3.63) is 48.0 Å². The highest BCUT2D eigenvalue weighted by atomic mass is 19.1. The van der Waals surface area contributed by atoms with Crippen molar-refractivity contribution in [1.29, 1.82) is 0 Å². The molecule has 96 valence electrons. The summed E-state index contributed by atoms with van der Waals surface area (Å²) in [4.78, 5) is 0. The largest absolute Gasteiger partial charge is 0.508 e. The predicted molar refractivity (Wildman–Crippen MR) is 66.6 cm³/mol. The van der Waals surface area contributed by atoms with Gasteiger partial charge in [0.25, 0.3) is 0 Å². The predicted octanol–water partition coefficient (Wildman–Crippen LogP) is 1.91. The number of aromatic hydroxyl groups is 1. The molecule has 1 unspecified atom stereocenters. The van der Waals surface area contributed by atoms with E-state index in [1.54, 1.807) is 6.20 Å². The number of hydrogen-bond donors (Lipinski definition) is 2. The van der Waals surface area contributed by atoms with E-state index in [2.05, 4.69) is 10.4 Å². The molecule has 0 aliphatic carbocycles. The third kappa shape index (κ3) is 3.30. The van der Waals surface area contributed by atoms with Crippen LogP contribution in [0, 0.1) is 5.82 Å². The SMILES string of the molecule is CC(Cn1cccn1)NCc1cc(F)ccc1O. The van der Waals surface area contributed by atoms with Crippen LogP contribution >= 0.6 is 0 Å². The second-order valence-corrected chi connectivity index (χ2v) is 4.28. The van der Waals surface area contributed by atoms with Crippen molar-refractivity contribution >= 4 is 0 Å². The van der Waals surface area contributed by atoms with Crippen LogP contribution in [0.25, 0.3) is 0 Å². The number of rotatable bonds is 5. The third-order valence-electron chi connectivity index (χ3n) is 2.70. The molecule has 2 N–H and O–H groups in total. The molecule has 18 heavy (non-hydrogen) atoms. The van der Waals surface area contributed by atoms with Gasteiger partial charge in [-0.15, -0.1) is 0 Å². The zero-order valence-electron chi connectivity index (χ0n) is 10.2. The molecule has 1 aromatic heterocycles. The molecule has 4 nitrogen and oxygen atoms in total. The topological polar surface area (TPSA) is 50.1 Å². The van der Waals surface area contributed by atoms with Gasteiger partial charge in [-0.2, -0.15) is 5.10 Å². The van der Waals surface area contributed by atoms with Gasteiger partial charge in [0.05, 0.1) is 6.54 Å². The highest BCUT2D eigenvalue weighted by molar-refractivity contribution is 5.32. The van der Waals surface area contributed by atoms with E-state index >= 15 is 0 Å². The summed E-state index contributed by atoms with van der Waals surface area (Å²) in [5.74, 6) is -0.237. The molecular weight excluding hydrogens is 233 g/mol. The minimum atomic E-state index is -0.343. The van der Waals surface area contributed by atoms with E-state index in [9.17, 15) is 9.50 Å². The maximum atomic E-state index is 13.0. The summed E-state index contributed by atoms with van der Waals surface area (Å²) in [5, 5.41) is 16.9.